The van der Waals surface area contributed by atoms with Crippen LogP contribution in [0.3, 0.4) is 0 Å². The van der Waals surface area contributed by atoms with Crippen LogP contribution in [0.25, 0.3) is 0 Å². The van der Waals surface area contributed by atoms with E-state index in [2.05, 4.69) is 23.5 Å². The lowest BCUT2D eigenvalue weighted by Gasteiger charge is -2.12. The molecule has 1 aliphatic rings. The monoisotopic (exact) mass is 219 g/mol. The van der Waals surface area contributed by atoms with Gasteiger partial charge >= 0.3 is 0 Å². The summed E-state index contributed by atoms with van der Waals surface area (Å²) in [4.78, 5) is 11.3. The first-order valence-corrected chi connectivity index (χ1v) is 6.18. The van der Waals surface area contributed by atoms with Crippen LogP contribution in [-0.2, 0) is 11.2 Å². The molecule has 1 aliphatic carbocycles. The molecule has 0 heterocycles. The molecule has 0 fully saturated rings. The third kappa shape index (κ3) is 2.84. The molecule has 2 nitrogen and oxygen atoms in total. The highest BCUT2D eigenvalue weighted by molar-refractivity contribution is 5.76. The first-order chi connectivity index (χ1) is 7.81. The largest absolute Gasteiger partial charge is 0.349 e. The Balaban J connectivity index is 0.000000606. The van der Waals surface area contributed by atoms with E-state index in [-0.39, 0.29) is 11.9 Å². The number of nitrogens with one attached hydrogen (secondary N) is 1. The molecule has 2 heteroatoms. The van der Waals surface area contributed by atoms with Gasteiger partial charge in [-0.1, -0.05) is 45.0 Å². The van der Waals surface area contributed by atoms with Crippen LogP contribution in [0.2, 0.25) is 0 Å². The number of rotatable bonds is 2. The lowest BCUT2D eigenvalue weighted by atomic mass is 10.1. The minimum Gasteiger partial charge on any atom is -0.349 e. The minimum atomic E-state index is 0.145. The summed E-state index contributed by atoms with van der Waals surface area (Å²) in [5, 5.41) is 3.05. The SMILES string of the molecule is CC.CCC(=O)NC1CCc2ccccc21. The van der Waals surface area contributed by atoms with Crippen LogP contribution in [0.5, 0.6) is 0 Å². The maximum Gasteiger partial charge on any atom is 0.220 e. The zero-order chi connectivity index (χ0) is 12.0. The highest BCUT2D eigenvalue weighted by atomic mass is 16.1. The summed E-state index contributed by atoms with van der Waals surface area (Å²) in [5.41, 5.74) is 2.68. The Morgan fingerprint density at radius 3 is 2.75 bits per heavy atom. The molecule has 0 saturated heterocycles. The fourth-order valence-corrected chi connectivity index (χ4v) is 2.00. The third-order valence-corrected chi connectivity index (χ3v) is 2.79. The summed E-state index contributed by atoms with van der Waals surface area (Å²) < 4.78 is 0. The molecule has 0 radical (unpaired) electrons. The van der Waals surface area contributed by atoms with Crippen molar-refractivity contribution in [3.8, 4) is 0 Å². The van der Waals surface area contributed by atoms with Gasteiger partial charge in [-0.2, -0.15) is 0 Å². The van der Waals surface area contributed by atoms with Crippen molar-refractivity contribution in [3.63, 3.8) is 0 Å². The Morgan fingerprint density at radius 1 is 1.38 bits per heavy atom. The molecule has 1 aromatic rings. The highest BCUT2D eigenvalue weighted by Gasteiger charge is 2.22. The number of benzene rings is 1. The zero-order valence-electron chi connectivity index (χ0n) is 10.4. The van der Waals surface area contributed by atoms with Crippen molar-refractivity contribution in [2.75, 3.05) is 0 Å². The Labute approximate surface area is 98.1 Å². The molecule has 0 saturated carbocycles. The second-order valence-corrected chi connectivity index (χ2v) is 3.71. The van der Waals surface area contributed by atoms with Gasteiger partial charge in [0.2, 0.25) is 5.91 Å². The molecule has 1 N–H and O–H groups in total. The molecule has 0 aromatic heterocycles. The number of hydrogen-bond acceptors (Lipinski definition) is 1. The summed E-state index contributed by atoms with van der Waals surface area (Å²) in [6.07, 6.45) is 2.70. The van der Waals surface area contributed by atoms with E-state index in [1.807, 2.05) is 26.8 Å². The van der Waals surface area contributed by atoms with Crippen molar-refractivity contribution in [2.24, 2.45) is 0 Å². The summed E-state index contributed by atoms with van der Waals surface area (Å²) in [6, 6.07) is 8.60. The number of hydrogen-bond donors (Lipinski definition) is 1. The quantitative estimate of drug-likeness (QED) is 0.813. The van der Waals surface area contributed by atoms with E-state index in [9.17, 15) is 4.79 Å². The van der Waals surface area contributed by atoms with Gasteiger partial charge in [0, 0.05) is 6.42 Å². The van der Waals surface area contributed by atoms with Gasteiger partial charge in [0.25, 0.3) is 0 Å². The second kappa shape index (κ2) is 6.31. The van der Waals surface area contributed by atoms with E-state index in [4.69, 9.17) is 0 Å². The molecule has 1 atom stereocenters. The van der Waals surface area contributed by atoms with E-state index in [0.717, 1.165) is 12.8 Å². The molecule has 0 bridgehead atoms. The van der Waals surface area contributed by atoms with Crippen LogP contribution in [-0.4, -0.2) is 5.91 Å². The predicted molar refractivity (Wildman–Crippen MR) is 67.3 cm³/mol. The Morgan fingerprint density at radius 2 is 2.06 bits per heavy atom. The normalized spacial score (nSPS) is 17.1. The maximum absolute atomic E-state index is 11.3. The predicted octanol–water partition coefficient (Wildman–Crippen LogP) is 3.23. The van der Waals surface area contributed by atoms with E-state index < -0.39 is 0 Å². The van der Waals surface area contributed by atoms with Crippen LogP contribution < -0.4 is 5.32 Å². The van der Waals surface area contributed by atoms with E-state index in [1.54, 1.807) is 0 Å². The first-order valence-electron chi connectivity index (χ1n) is 6.18. The number of carbonyl (C=O) groups excluding carboxylic acids is 1. The summed E-state index contributed by atoms with van der Waals surface area (Å²) in [6.45, 7) is 5.89. The van der Waals surface area contributed by atoms with E-state index >= 15 is 0 Å². The van der Waals surface area contributed by atoms with Gasteiger partial charge in [0.1, 0.15) is 0 Å². The number of aryl methyl sites for hydroxylation is 1. The van der Waals surface area contributed by atoms with Crippen molar-refractivity contribution < 1.29 is 4.79 Å². The molecule has 1 aromatic carbocycles. The minimum absolute atomic E-state index is 0.145. The molecular formula is C14H21NO. The molecule has 0 spiro atoms. The highest BCUT2D eigenvalue weighted by Crippen LogP contribution is 2.30. The van der Waals surface area contributed by atoms with Crippen molar-refractivity contribution in [2.45, 2.75) is 46.1 Å². The molecule has 1 unspecified atom stereocenters. The molecule has 0 aliphatic heterocycles. The van der Waals surface area contributed by atoms with Crippen LogP contribution in [0, 0.1) is 0 Å². The third-order valence-electron chi connectivity index (χ3n) is 2.79. The number of fused-ring (bicyclic) bond motifs is 1. The van der Waals surface area contributed by atoms with Gasteiger partial charge < -0.3 is 5.32 Å². The van der Waals surface area contributed by atoms with Gasteiger partial charge in [0.15, 0.2) is 0 Å². The molecule has 88 valence electrons. The van der Waals surface area contributed by atoms with Crippen molar-refractivity contribution in [1.82, 2.24) is 5.32 Å². The topological polar surface area (TPSA) is 29.1 Å². The van der Waals surface area contributed by atoms with Gasteiger partial charge in [-0.05, 0) is 24.0 Å². The van der Waals surface area contributed by atoms with Crippen molar-refractivity contribution in [1.29, 1.82) is 0 Å². The van der Waals surface area contributed by atoms with Gasteiger partial charge in [-0.15, -0.1) is 0 Å². The smallest absolute Gasteiger partial charge is 0.220 e. The standard InChI is InChI=1S/C12H15NO.C2H6/c1-2-12(14)13-11-8-7-9-5-3-4-6-10(9)11;1-2/h3-6,11H,2,7-8H2,1H3,(H,13,14);1-2H3. The molecule has 16 heavy (non-hydrogen) atoms. The van der Waals surface area contributed by atoms with Crippen molar-refractivity contribution in [3.05, 3.63) is 35.4 Å². The van der Waals surface area contributed by atoms with Gasteiger partial charge in [0.05, 0.1) is 6.04 Å². The van der Waals surface area contributed by atoms with Crippen LogP contribution in [0.15, 0.2) is 24.3 Å². The molecular weight excluding hydrogens is 198 g/mol. The van der Waals surface area contributed by atoms with E-state index in [1.165, 1.54) is 11.1 Å². The Hall–Kier alpha value is -1.31. The van der Waals surface area contributed by atoms with Crippen LogP contribution in [0.4, 0.5) is 0 Å². The lowest BCUT2D eigenvalue weighted by molar-refractivity contribution is -0.121. The molecule has 2 rings (SSSR count). The summed E-state index contributed by atoms with van der Waals surface area (Å²) in [5.74, 6) is 0.145. The van der Waals surface area contributed by atoms with Gasteiger partial charge in [-0.3, -0.25) is 4.79 Å². The Kier molecular flexibility index (Phi) is 5.03. The van der Waals surface area contributed by atoms with Crippen molar-refractivity contribution >= 4 is 5.91 Å². The van der Waals surface area contributed by atoms with Crippen LogP contribution >= 0.6 is 0 Å². The average Bonchev–Trinajstić information content (AvgIpc) is 2.75. The Bertz CT molecular complexity index is 346. The maximum atomic E-state index is 11.3. The average molecular weight is 219 g/mol. The fraction of sp³-hybridized carbons (Fsp3) is 0.500. The second-order valence-electron chi connectivity index (χ2n) is 3.71. The summed E-state index contributed by atoms with van der Waals surface area (Å²) in [7, 11) is 0. The zero-order valence-corrected chi connectivity index (χ0v) is 10.4. The van der Waals surface area contributed by atoms with Crippen LogP contribution in [0.1, 0.15) is 50.8 Å². The summed E-state index contributed by atoms with van der Waals surface area (Å²) >= 11 is 0. The van der Waals surface area contributed by atoms with Gasteiger partial charge in [-0.25, -0.2) is 0 Å². The first kappa shape index (κ1) is 12.8. The van der Waals surface area contributed by atoms with E-state index in [0.29, 0.717) is 6.42 Å². The lowest BCUT2D eigenvalue weighted by Crippen LogP contribution is -2.26. The number of amides is 1. The fourth-order valence-electron chi connectivity index (χ4n) is 2.00. The molecule has 1 amide bonds. The number of carbonyl (C=O) groups is 1.